The molecule has 0 fully saturated rings. The Morgan fingerprint density at radius 1 is 0.960 bits per heavy atom. The van der Waals surface area contributed by atoms with Crippen LogP contribution in [0.1, 0.15) is 69.8 Å². The Kier molecular flexibility index (Phi) is 10.6. The Balaban J connectivity index is 0.00000312. The number of unbranched alkanes of at least 4 members (excludes halogenated alkanes) is 5. The number of nitrogens with one attached hydrogen (secondary N) is 1. The van der Waals surface area contributed by atoms with Crippen LogP contribution < -0.4 is 5.32 Å². The van der Waals surface area contributed by atoms with E-state index in [4.69, 9.17) is 4.42 Å². The summed E-state index contributed by atoms with van der Waals surface area (Å²) in [6.45, 7) is 5.85. The van der Waals surface area contributed by atoms with Crippen molar-refractivity contribution in [3.63, 3.8) is 0 Å². The summed E-state index contributed by atoms with van der Waals surface area (Å²) in [5.41, 5.74) is 1.97. The molecule has 0 amide bonds. The van der Waals surface area contributed by atoms with E-state index >= 15 is 0 Å². The molecule has 2 N–H and O–H groups in total. The van der Waals surface area contributed by atoms with Gasteiger partial charge in [-0.1, -0.05) is 63.3 Å². The van der Waals surface area contributed by atoms with Crippen molar-refractivity contribution in [3.8, 4) is 11.3 Å². The lowest BCUT2D eigenvalue weighted by Crippen LogP contribution is -2.14. The van der Waals surface area contributed by atoms with Gasteiger partial charge in [-0.3, -0.25) is 0 Å². The number of hydrogen-bond acceptors (Lipinski definition) is 3. The predicted octanol–water partition coefficient (Wildman–Crippen LogP) is 5.87. The fourth-order valence-corrected chi connectivity index (χ4v) is 2.80. The minimum atomic E-state index is -0.433. The normalized spacial score (nSPS) is 12.0. The Labute approximate surface area is 158 Å². The molecule has 1 heterocycles. The van der Waals surface area contributed by atoms with Gasteiger partial charge in [0, 0.05) is 5.56 Å². The topological polar surface area (TPSA) is 45.4 Å². The molecule has 0 aliphatic rings. The summed E-state index contributed by atoms with van der Waals surface area (Å²) in [6, 6.07) is 11.9. The minimum Gasteiger partial charge on any atom is -0.460 e. The first kappa shape index (κ1) is 21.8. The maximum Gasteiger partial charge on any atom is 0.134 e. The number of rotatable bonds is 11. The second-order valence-corrected chi connectivity index (χ2v) is 6.51. The van der Waals surface area contributed by atoms with Crippen molar-refractivity contribution in [1.29, 1.82) is 0 Å². The largest absolute Gasteiger partial charge is 0.460 e. The first-order valence-corrected chi connectivity index (χ1v) is 9.28. The Morgan fingerprint density at radius 3 is 2.32 bits per heavy atom. The Morgan fingerprint density at radius 2 is 1.64 bits per heavy atom. The van der Waals surface area contributed by atoms with E-state index in [1.54, 1.807) is 6.92 Å². The first-order valence-electron chi connectivity index (χ1n) is 9.28. The molecule has 1 aromatic heterocycles. The molecule has 1 atom stereocenters. The van der Waals surface area contributed by atoms with E-state index < -0.39 is 6.10 Å². The third kappa shape index (κ3) is 7.64. The lowest BCUT2D eigenvalue weighted by Gasteiger charge is -2.05. The highest BCUT2D eigenvalue weighted by molar-refractivity contribution is 5.85. The highest BCUT2D eigenvalue weighted by Crippen LogP contribution is 2.24. The lowest BCUT2D eigenvalue weighted by atomic mass is 10.1. The smallest absolute Gasteiger partial charge is 0.134 e. The SMILES string of the molecule is CCCCCCCCNCc1ccc(-c2ccc(C(C)O)cc2)o1.Cl. The summed E-state index contributed by atoms with van der Waals surface area (Å²) in [6.07, 6.45) is 7.50. The fraction of sp³-hybridized carbons (Fsp3) is 0.524. The van der Waals surface area contributed by atoms with Gasteiger partial charge >= 0.3 is 0 Å². The summed E-state index contributed by atoms with van der Waals surface area (Å²) in [7, 11) is 0. The van der Waals surface area contributed by atoms with Crippen molar-refractivity contribution in [3.05, 3.63) is 47.7 Å². The van der Waals surface area contributed by atoms with Gasteiger partial charge in [-0.2, -0.15) is 0 Å². The minimum absolute atomic E-state index is 0. The van der Waals surface area contributed by atoms with Gasteiger partial charge in [-0.15, -0.1) is 12.4 Å². The van der Waals surface area contributed by atoms with Gasteiger partial charge in [0.05, 0.1) is 12.6 Å². The zero-order valence-corrected chi connectivity index (χ0v) is 16.3. The highest BCUT2D eigenvalue weighted by atomic mass is 35.5. The third-order valence-electron chi connectivity index (χ3n) is 4.35. The molecule has 140 valence electrons. The van der Waals surface area contributed by atoms with Gasteiger partial charge in [0.15, 0.2) is 0 Å². The maximum absolute atomic E-state index is 9.56. The number of furan rings is 1. The van der Waals surface area contributed by atoms with Crippen molar-refractivity contribution in [1.82, 2.24) is 5.32 Å². The average Bonchev–Trinajstić information content (AvgIpc) is 3.06. The second kappa shape index (κ2) is 12.1. The standard InChI is InChI=1S/C21H31NO2.ClH/c1-3-4-5-6-7-8-15-22-16-20-13-14-21(24-20)19-11-9-18(10-12-19)17(2)23;/h9-14,17,22-23H,3-8,15-16H2,1-2H3;1H. The molecule has 0 bridgehead atoms. The molecule has 0 spiro atoms. The number of benzene rings is 1. The molecule has 25 heavy (non-hydrogen) atoms. The number of aliphatic hydroxyl groups is 1. The quantitative estimate of drug-likeness (QED) is 0.489. The molecule has 3 nitrogen and oxygen atoms in total. The van der Waals surface area contributed by atoms with Crippen LogP contribution in [0.3, 0.4) is 0 Å². The van der Waals surface area contributed by atoms with E-state index in [9.17, 15) is 5.11 Å². The third-order valence-corrected chi connectivity index (χ3v) is 4.35. The molecule has 0 saturated carbocycles. The van der Waals surface area contributed by atoms with Crippen molar-refractivity contribution < 1.29 is 9.52 Å². The summed E-state index contributed by atoms with van der Waals surface area (Å²) in [5.74, 6) is 1.85. The summed E-state index contributed by atoms with van der Waals surface area (Å²) in [5, 5.41) is 13.0. The molecule has 1 unspecified atom stereocenters. The zero-order valence-electron chi connectivity index (χ0n) is 15.5. The van der Waals surface area contributed by atoms with Crippen LogP contribution in [0.4, 0.5) is 0 Å². The van der Waals surface area contributed by atoms with Crippen LogP contribution in [0.2, 0.25) is 0 Å². The van der Waals surface area contributed by atoms with Gasteiger partial charge in [0.2, 0.25) is 0 Å². The van der Waals surface area contributed by atoms with Gasteiger partial charge < -0.3 is 14.8 Å². The molecule has 1 aromatic carbocycles. The first-order chi connectivity index (χ1) is 11.7. The summed E-state index contributed by atoms with van der Waals surface area (Å²) >= 11 is 0. The average molecular weight is 366 g/mol. The van der Waals surface area contributed by atoms with E-state index in [-0.39, 0.29) is 12.4 Å². The molecular formula is C21H32ClNO2. The van der Waals surface area contributed by atoms with Crippen LogP contribution in [-0.2, 0) is 6.54 Å². The van der Waals surface area contributed by atoms with E-state index in [0.29, 0.717) is 0 Å². The van der Waals surface area contributed by atoms with Crippen molar-refractivity contribution in [2.45, 2.75) is 65.0 Å². The van der Waals surface area contributed by atoms with Gasteiger partial charge in [0.1, 0.15) is 11.5 Å². The molecule has 0 radical (unpaired) electrons. The van der Waals surface area contributed by atoms with Crippen molar-refractivity contribution in [2.75, 3.05) is 6.54 Å². The maximum atomic E-state index is 9.56. The van der Waals surface area contributed by atoms with Crippen molar-refractivity contribution >= 4 is 12.4 Å². The van der Waals surface area contributed by atoms with Crippen LogP contribution in [0.5, 0.6) is 0 Å². The number of hydrogen-bond donors (Lipinski definition) is 2. The van der Waals surface area contributed by atoms with E-state index in [1.807, 2.05) is 36.4 Å². The molecular weight excluding hydrogens is 334 g/mol. The Bertz CT molecular complexity index is 578. The van der Waals surface area contributed by atoms with Gasteiger partial charge in [0.25, 0.3) is 0 Å². The van der Waals surface area contributed by atoms with E-state index in [1.165, 1.54) is 38.5 Å². The van der Waals surface area contributed by atoms with Gasteiger partial charge in [-0.25, -0.2) is 0 Å². The van der Waals surface area contributed by atoms with Crippen LogP contribution in [0.15, 0.2) is 40.8 Å². The molecule has 0 saturated heterocycles. The van der Waals surface area contributed by atoms with Crippen LogP contribution >= 0.6 is 12.4 Å². The van der Waals surface area contributed by atoms with Crippen LogP contribution in [0, 0.1) is 0 Å². The highest BCUT2D eigenvalue weighted by Gasteiger charge is 2.06. The lowest BCUT2D eigenvalue weighted by molar-refractivity contribution is 0.199. The predicted molar refractivity (Wildman–Crippen MR) is 107 cm³/mol. The molecule has 2 rings (SSSR count). The van der Waals surface area contributed by atoms with Gasteiger partial charge in [-0.05, 0) is 37.6 Å². The van der Waals surface area contributed by atoms with E-state index in [0.717, 1.165) is 35.7 Å². The summed E-state index contributed by atoms with van der Waals surface area (Å²) in [4.78, 5) is 0. The van der Waals surface area contributed by atoms with Crippen LogP contribution in [-0.4, -0.2) is 11.7 Å². The Hall–Kier alpha value is -1.29. The van der Waals surface area contributed by atoms with E-state index in [2.05, 4.69) is 12.2 Å². The molecule has 4 heteroatoms. The molecule has 0 aliphatic carbocycles. The monoisotopic (exact) mass is 365 g/mol. The van der Waals surface area contributed by atoms with Crippen LogP contribution in [0.25, 0.3) is 11.3 Å². The summed E-state index contributed by atoms with van der Waals surface area (Å²) < 4.78 is 5.90. The molecule has 0 aliphatic heterocycles. The molecule has 2 aromatic rings. The van der Waals surface area contributed by atoms with Crippen molar-refractivity contribution in [2.24, 2.45) is 0 Å². The number of aliphatic hydroxyl groups excluding tert-OH is 1. The fourth-order valence-electron chi connectivity index (χ4n) is 2.80. The second-order valence-electron chi connectivity index (χ2n) is 6.51. The zero-order chi connectivity index (χ0) is 17.2. The number of halogens is 1.